The molecule has 0 bridgehead atoms. The van der Waals surface area contributed by atoms with Crippen molar-refractivity contribution >= 4 is 11.9 Å². The van der Waals surface area contributed by atoms with Crippen LogP contribution in [-0.4, -0.2) is 35.7 Å². The SMILES string of the molecule is CCOC1CC(NC(=O)CCCC(=O)O)C1. The second-order valence-electron chi connectivity index (χ2n) is 4.06. The fraction of sp³-hybridized carbons (Fsp3) is 0.818. The van der Waals surface area contributed by atoms with Crippen LogP contribution in [0.25, 0.3) is 0 Å². The fourth-order valence-electron chi connectivity index (χ4n) is 1.76. The number of ether oxygens (including phenoxy) is 1. The lowest BCUT2D eigenvalue weighted by Gasteiger charge is -2.35. The van der Waals surface area contributed by atoms with E-state index in [2.05, 4.69) is 5.32 Å². The van der Waals surface area contributed by atoms with E-state index in [1.165, 1.54) is 0 Å². The number of carboxylic acid groups (broad SMARTS) is 1. The van der Waals surface area contributed by atoms with E-state index in [9.17, 15) is 9.59 Å². The molecule has 0 saturated heterocycles. The summed E-state index contributed by atoms with van der Waals surface area (Å²) in [6.07, 6.45) is 2.79. The monoisotopic (exact) mass is 229 g/mol. The lowest BCUT2D eigenvalue weighted by molar-refractivity contribution is -0.137. The van der Waals surface area contributed by atoms with Crippen molar-refractivity contribution in [1.29, 1.82) is 0 Å². The van der Waals surface area contributed by atoms with Crippen molar-refractivity contribution in [3.63, 3.8) is 0 Å². The molecule has 1 rings (SSSR count). The zero-order valence-electron chi connectivity index (χ0n) is 9.57. The minimum Gasteiger partial charge on any atom is -0.481 e. The van der Waals surface area contributed by atoms with Crippen molar-refractivity contribution < 1.29 is 19.4 Å². The molecule has 1 aliphatic rings. The second kappa shape index (κ2) is 6.48. The molecule has 0 aromatic carbocycles. The Bertz CT molecular complexity index is 248. The maximum absolute atomic E-state index is 11.3. The Kier molecular flexibility index (Phi) is 5.25. The first-order chi connectivity index (χ1) is 7.61. The molecule has 5 nitrogen and oxygen atoms in total. The number of carboxylic acids is 1. The molecule has 92 valence electrons. The summed E-state index contributed by atoms with van der Waals surface area (Å²) in [5, 5.41) is 11.3. The van der Waals surface area contributed by atoms with E-state index in [4.69, 9.17) is 9.84 Å². The van der Waals surface area contributed by atoms with Gasteiger partial charge in [-0.05, 0) is 26.2 Å². The maximum Gasteiger partial charge on any atom is 0.303 e. The molecule has 1 fully saturated rings. The molecule has 16 heavy (non-hydrogen) atoms. The third-order valence-corrected chi connectivity index (χ3v) is 2.66. The molecule has 5 heteroatoms. The van der Waals surface area contributed by atoms with Gasteiger partial charge in [-0.2, -0.15) is 0 Å². The number of aliphatic carboxylic acids is 1. The molecule has 0 aromatic rings. The van der Waals surface area contributed by atoms with Gasteiger partial charge in [0.25, 0.3) is 0 Å². The summed E-state index contributed by atoms with van der Waals surface area (Å²) in [6, 6.07) is 0.217. The largest absolute Gasteiger partial charge is 0.481 e. The summed E-state index contributed by atoms with van der Waals surface area (Å²) in [4.78, 5) is 21.6. The molecule has 1 amide bonds. The summed E-state index contributed by atoms with van der Waals surface area (Å²) in [5.41, 5.74) is 0. The Morgan fingerprint density at radius 2 is 2.06 bits per heavy atom. The summed E-state index contributed by atoms with van der Waals surface area (Å²) in [7, 11) is 0. The summed E-state index contributed by atoms with van der Waals surface area (Å²) < 4.78 is 5.37. The van der Waals surface area contributed by atoms with E-state index in [0.29, 0.717) is 19.4 Å². The Balaban J connectivity index is 2.01. The van der Waals surface area contributed by atoms with Gasteiger partial charge in [0.05, 0.1) is 6.10 Å². The molecular formula is C11H19NO4. The number of carbonyl (C=O) groups is 2. The lowest BCUT2D eigenvalue weighted by Crippen LogP contribution is -2.47. The molecule has 1 aliphatic carbocycles. The molecular weight excluding hydrogens is 210 g/mol. The zero-order chi connectivity index (χ0) is 12.0. The highest BCUT2D eigenvalue weighted by atomic mass is 16.5. The van der Waals surface area contributed by atoms with Crippen molar-refractivity contribution in [3.8, 4) is 0 Å². The van der Waals surface area contributed by atoms with Gasteiger partial charge in [0.15, 0.2) is 0 Å². The van der Waals surface area contributed by atoms with Crippen LogP contribution in [0.5, 0.6) is 0 Å². The number of carbonyl (C=O) groups excluding carboxylic acids is 1. The predicted octanol–water partition coefficient (Wildman–Crippen LogP) is 0.925. The Morgan fingerprint density at radius 1 is 1.38 bits per heavy atom. The van der Waals surface area contributed by atoms with E-state index in [0.717, 1.165) is 12.8 Å². The standard InChI is InChI=1S/C11H19NO4/c1-2-16-9-6-8(7-9)12-10(13)4-3-5-11(14)15/h8-9H,2-7H2,1H3,(H,12,13)(H,14,15). The number of nitrogens with one attached hydrogen (secondary N) is 1. The van der Waals surface area contributed by atoms with Gasteiger partial charge in [0, 0.05) is 25.5 Å². The Morgan fingerprint density at radius 3 is 2.62 bits per heavy atom. The van der Waals surface area contributed by atoms with Crippen LogP contribution in [0.15, 0.2) is 0 Å². The normalized spacial score (nSPS) is 23.6. The van der Waals surface area contributed by atoms with Crippen molar-refractivity contribution in [2.75, 3.05) is 6.61 Å². The molecule has 0 aromatic heterocycles. The number of amides is 1. The summed E-state index contributed by atoms with van der Waals surface area (Å²) in [6.45, 7) is 2.67. The van der Waals surface area contributed by atoms with Gasteiger partial charge in [-0.25, -0.2) is 0 Å². The molecule has 0 aliphatic heterocycles. The molecule has 0 heterocycles. The van der Waals surface area contributed by atoms with E-state index in [1.54, 1.807) is 0 Å². The number of hydrogen-bond acceptors (Lipinski definition) is 3. The van der Waals surface area contributed by atoms with Gasteiger partial charge in [-0.1, -0.05) is 0 Å². The van der Waals surface area contributed by atoms with Crippen molar-refractivity contribution in [3.05, 3.63) is 0 Å². The van der Waals surface area contributed by atoms with Gasteiger partial charge in [-0.15, -0.1) is 0 Å². The molecule has 1 saturated carbocycles. The van der Waals surface area contributed by atoms with Gasteiger partial charge in [0.2, 0.25) is 5.91 Å². The van der Waals surface area contributed by atoms with Crippen LogP contribution in [-0.2, 0) is 14.3 Å². The van der Waals surface area contributed by atoms with E-state index < -0.39 is 5.97 Å². The highest BCUT2D eigenvalue weighted by Gasteiger charge is 2.30. The van der Waals surface area contributed by atoms with Crippen LogP contribution in [0, 0.1) is 0 Å². The topological polar surface area (TPSA) is 75.6 Å². The second-order valence-corrected chi connectivity index (χ2v) is 4.06. The quantitative estimate of drug-likeness (QED) is 0.680. The zero-order valence-corrected chi connectivity index (χ0v) is 9.57. The first-order valence-corrected chi connectivity index (χ1v) is 5.74. The number of rotatable bonds is 7. The van der Waals surface area contributed by atoms with Crippen LogP contribution in [0.1, 0.15) is 39.0 Å². The first-order valence-electron chi connectivity index (χ1n) is 5.74. The smallest absolute Gasteiger partial charge is 0.303 e. The van der Waals surface area contributed by atoms with Gasteiger partial charge < -0.3 is 15.2 Å². The van der Waals surface area contributed by atoms with Crippen LogP contribution in [0.4, 0.5) is 0 Å². The van der Waals surface area contributed by atoms with Crippen LogP contribution < -0.4 is 5.32 Å². The molecule has 2 N–H and O–H groups in total. The Hall–Kier alpha value is -1.10. The average Bonchev–Trinajstić information content (AvgIpc) is 2.14. The van der Waals surface area contributed by atoms with E-state index >= 15 is 0 Å². The van der Waals surface area contributed by atoms with Crippen molar-refractivity contribution in [1.82, 2.24) is 5.32 Å². The minimum absolute atomic E-state index is 0.0544. The highest BCUT2D eigenvalue weighted by Crippen LogP contribution is 2.23. The van der Waals surface area contributed by atoms with Gasteiger partial charge >= 0.3 is 5.97 Å². The highest BCUT2D eigenvalue weighted by molar-refractivity contribution is 5.77. The third kappa shape index (κ3) is 4.61. The van der Waals surface area contributed by atoms with Crippen molar-refractivity contribution in [2.24, 2.45) is 0 Å². The molecule has 0 atom stereocenters. The van der Waals surface area contributed by atoms with Crippen molar-refractivity contribution in [2.45, 2.75) is 51.2 Å². The third-order valence-electron chi connectivity index (χ3n) is 2.66. The summed E-state index contributed by atoms with van der Waals surface area (Å²) >= 11 is 0. The van der Waals surface area contributed by atoms with Crippen LogP contribution in [0.3, 0.4) is 0 Å². The first kappa shape index (κ1) is 13.0. The average molecular weight is 229 g/mol. The van der Waals surface area contributed by atoms with Crippen LogP contribution in [0.2, 0.25) is 0 Å². The molecule has 0 radical (unpaired) electrons. The van der Waals surface area contributed by atoms with Gasteiger partial charge in [0.1, 0.15) is 0 Å². The summed E-state index contributed by atoms with van der Waals surface area (Å²) in [5.74, 6) is -0.908. The molecule has 0 unspecified atom stereocenters. The van der Waals surface area contributed by atoms with Gasteiger partial charge in [-0.3, -0.25) is 9.59 Å². The van der Waals surface area contributed by atoms with E-state index in [-0.39, 0.29) is 24.5 Å². The van der Waals surface area contributed by atoms with E-state index in [1.807, 2.05) is 6.92 Å². The fourth-order valence-corrected chi connectivity index (χ4v) is 1.76. The number of hydrogen-bond donors (Lipinski definition) is 2. The molecule has 0 spiro atoms. The lowest BCUT2D eigenvalue weighted by atomic mass is 9.89. The maximum atomic E-state index is 11.3. The Labute approximate surface area is 95.2 Å². The minimum atomic E-state index is -0.854. The van der Waals surface area contributed by atoms with Crippen LogP contribution >= 0.6 is 0 Å². The predicted molar refractivity (Wildman–Crippen MR) is 58.1 cm³/mol.